The van der Waals surface area contributed by atoms with Gasteiger partial charge in [-0.1, -0.05) is 24.3 Å². The van der Waals surface area contributed by atoms with Gasteiger partial charge in [0.1, 0.15) is 11.4 Å². The van der Waals surface area contributed by atoms with E-state index in [2.05, 4.69) is 6.58 Å². The number of amides is 2. The first-order valence-corrected chi connectivity index (χ1v) is 9.00. The Labute approximate surface area is 164 Å². The predicted molar refractivity (Wildman–Crippen MR) is 104 cm³/mol. The van der Waals surface area contributed by atoms with E-state index in [0.29, 0.717) is 11.3 Å². The summed E-state index contributed by atoms with van der Waals surface area (Å²) in [7, 11) is 1.59. The van der Waals surface area contributed by atoms with Gasteiger partial charge >= 0.3 is 0 Å². The van der Waals surface area contributed by atoms with Gasteiger partial charge in [0.15, 0.2) is 11.0 Å². The molecule has 5 rings (SSSR count). The third-order valence-electron chi connectivity index (χ3n) is 5.64. The van der Waals surface area contributed by atoms with Crippen LogP contribution in [0, 0.1) is 5.82 Å². The van der Waals surface area contributed by atoms with Crippen LogP contribution >= 0.6 is 0 Å². The highest BCUT2D eigenvalue weighted by Gasteiger charge is 2.64. The first-order chi connectivity index (χ1) is 13.9. The lowest BCUT2D eigenvalue weighted by Crippen LogP contribution is -2.52. The summed E-state index contributed by atoms with van der Waals surface area (Å²) in [6.07, 6.45) is 1.49. The summed E-state index contributed by atoms with van der Waals surface area (Å²) in [4.78, 5) is 43.1. The van der Waals surface area contributed by atoms with Crippen molar-refractivity contribution in [2.75, 3.05) is 18.5 Å². The Kier molecular flexibility index (Phi) is 3.37. The quantitative estimate of drug-likeness (QED) is 0.631. The Bertz CT molecular complexity index is 1310. The summed E-state index contributed by atoms with van der Waals surface area (Å²) < 4.78 is 19.6. The Hall–Kier alpha value is -3.74. The zero-order valence-electron chi connectivity index (χ0n) is 15.4. The average Bonchev–Trinajstić information content (AvgIpc) is 3.09. The zero-order valence-corrected chi connectivity index (χ0v) is 15.4. The van der Waals surface area contributed by atoms with Crippen molar-refractivity contribution >= 4 is 28.5 Å². The van der Waals surface area contributed by atoms with Crippen LogP contribution in [0.3, 0.4) is 0 Å². The second-order valence-electron chi connectivity index (χ2n) is 7.07. The topological polar surface area (TPSA) is 70.8 Å². The molecule has 3 heterocycles. The van der Waals surface area contributed by atoms with E-state index in [1.807, 2.05) is 0 Å². The van der Waals surface area contributed by atoms with E-state index in [0.717, 1.165) is 12.1 Å². The summed E-state index contributed by atoms with van der Waals surface area (Å²) in [6.45, 7) is 3.72. The highest BCUT2D eigenvalue weighted by molar-refractivity contribution is 6.16. The van der Waals surface area contributed by atoms with Crippen LogP contribution < -0.4 is 10.3 Å². The largest absolute Gasteiger partial charge is 0.450 e. The molecule has 0 N–H and O–H groups in total. The number of para-hydroxylation sites is 1. The molecule has 29 heavy (non-hydrogen) atoms. The molecule has 0 radical (unpaired) electrons. The first-order valence-electron chi connectivity index (χ1n) is 9.00. The molecular formula is C22H15FN2O4. The van der Waals surface area contributed by atoms with E-state index in [4.69, 9.17) is 4.42 Å². The molecule has 0 fully saturated rings. The highest BCUT2D eigenvalue weighted by atomic mass is 19.1. The van der Waals surface area contributed by atoms with E-state index in [-0.39, 0.29) is 28.8 Å². The number of benzene rings is 2. The van der Waals surface area contributed by atoms with Gasteiger partial charge in [-0.2, -0.15) is 0 Å². The van der Waals surface area contributed by atoms with Crippen molar-refractivity contribution in [3.05, 3.63) is 88.0 Å². The van der Waals surface area contributed by atoms with Crippen LogP contribution in [0.1, 0.15) is 21.7 Å². The van der Waals surface area contributed by atoms with Crippen molar-refractivity contribution in [3.8, 4) is 0 Å². The lowest BCUT2D eigenvalue weighted by Gasteiger charge is -2.33. The maximum Gasteiger partial charge on any atom is 0.291 e. The molecule has 2 aliphatic heterocycles. The molecule has 1 spiro atoms. The molecule has 3 aromatic rings. The molecule has 0 unspecified atom stereocenters. The minimum Gasteiger partial charge on any atom is -0.450 e. The molecule has 0 saturated heterocycles. The zero-order chi connectivity index (χ0) is 20.5. The number of carbonyl (C=O) groups is 2. The SMILES string of the molecule is C=CCN1C(=O)c2oc3ccc(F)cc3c(=O)c2[C@]12C(=O)N(C)c1ccccc12. The number of nitrogens with zero attached hydrogens (tertiary/aromatic N) is 2. The number of fused-ring (bicyclic) bond motifs is 5. The van der Waals surface area contributed by atoms with Gasteiger partial charge < -0.3 is 14.2 Å². The maximum atomic E-state index is 13.8. The van der Waals surface area contributed by atoms with Crippen molar-refractivity contribution in [1.82, 2.24) is 4.90 Å². The molecule has 6 nitrogen and oxygen atoms in total. The van der Waals surface area contributed by atoms with Crippen LogP contribution in [0.4, 0.5) is 10.1 Å². The monoisotopic (exact) mass is 390 g/mol. The van der Waals surface area contributed by atoms with Crippen molar-refractivity contribution in [3.63, 3.8) is 0 Å². The van der Waals surface area contributed by atoms with E-state index in [1.165, 1.54) is 21.9 Å². The van der Waals surface area contributed by atoms with Gasteiger partial charge in [-0.15, -0.1) is 6.58 Å². The molecule has 2 aliphatic rings. The molecule has 0 aliphatic carbocycles. The fourth-order valence-electron chi connectivity index (χ4n) is 4.45. The molecule has 2 amide bonds. The molecular weight excluding hydrogens is 375 g/mol. The molecule has 0 bridgehead atoms. The molecule has 7 heteroatoms. The fraction of sp³-hybridized carbons (Fsp3) is 0.136. The normalized spacial score (nSPS) is 19.9. The van der Waals surface area contributed by atoms with Crippen LogP contribution in [0.25, 0.3) is 11.0 Å². The highest BCUT2D eigenvalue weighted by Crippen LogP contribution is 2.51. The predicted octanol–water partition coefficient (Wildman–Crippen LogP) is 2.79. The third-order valence-corrected chi connectivity index (χ3v) is 5.64. The number of halogens is 1. The van der Waals surface area contributed by atoms with Crippen molar-refractivity contribution in [1.29, 1.82) is 0 Å². The first kappa shape index (κ1) is 17.4. The summed E-state index contributed by atoms with van der Waals surface area (Å²) >= 11 is 0. The van der Waals surface area contributed by atoms with Gasteiger partial charge in [-0.25, -0.2) is 4.39 Å². The second kappa shape index (κ2) is 5.64. The Balaban J connectivity index is 1.98. The van der Waals surface area contributed by atoms with E-state index in [9.17, 15) is 18.8 Å². The summed E-state index contributed by atoms with van der Waals surface area (Å²) in [5.74, 6) is -1.84. The lowest BCUT2D eigenvalue weighted by atomic mass is 9.84. The summed E-state index contributed by atoms with van der Waals surface area (Å²) in [5.41, 5.74) is -1.17. The Morgan fingerprint density at radius 1 is 1.17 bits per heavy atom. The van der Waals surface area contributed by atoms with E-state index >= 15 is 0 Å². The van der Waals surface area contributed by atoms with Gasteiger partial charge in [0.2, 0.25) is 5.76 Å². The number of anilines is 1. The second-order valence-corrected chi connectivity index (χ2v) is 7.07. The van der Waals surface area contributed by atoms with Gasteiger partial charge in [-0.3, -0.25) is 14.4 Å². The molecule has 1 atom stereocenters. The summed E-state index contributed by atoms with van der Waals surface area (Å²) in [5, 5.41) is -0.0174. The summed E-state index contributed by atoms with van der Waals surface area (Å²) in [6, 6.07) is 10.5. The number of hydrogen-bond acceptors (Lipinski definition) is 4. The van der Waals surface area contributed by atoms with Crippen LogP contribution in [-0.2, 0) is 10.3 Å². The number of carbonyl (C=O) groups excluding carboxylic acids is 2. The van der Waals surface area contributed by atoms with E-state index in [1.54, 1.807) is 31.3 Å². The lowest BCUT2D eigenvalue weighted by molar-refractivity contribution is -0.125. The molecule has 1 aromatic heterocycles. The van der Waals surface area contributed by atoms with Crippen LogP contribution in [0.2, 0.25) is 0 Å². The average molecular weight is 390 g/mol. The van der Waals surface area contributed by atoms with Crippen LogP contribution in [0.15, 0.2) is 64.3 Å². The number of rotatable bonds is 2. The van der Waals surface area contributed by atoms with Gasteiger partial charge in [-0.05, 0) is 24.3 Å². The Morgan fingerprint density at radius 3 is 2.69 bits per heavy atom. The van der Waals surface area contributed by atoms with Crippen LogP contribution in [0.5, 0.6) is 0 Å². The van der Waals surface area contributed by atoms with E-state index < -0.39 is 28.6 Å². The smallest absolute Gasteiger partial charge is 0.291 e. The van der Waals surface area contributed by atoms with Gasteiger partial charge in [0, 0.05) is 24.8 Å². The standard InChI is InChI=1S/C22H15FN2O4/c1-3-10-25-20(27)19-17(18(26)13-11-12(23)8-9-16(13)29-19)22(25)14-6-4-5-7-15(14)24(2)21(22)28/h3-9,11H,1,10H2,2H3/t22-/m1/s1. The molecule has 2 aromatic carbocycles. The molecule has 144 valence electrons. The minimum absolute atomic E-state index is 0.0174. The molecule has 0 saturated carbocycles. The van der Waals surface area contributed by atoms with Gasteiger partial charge in [0.25, 0.3) is 11.8 Å². The maximum absolute atomic E-state index is 13.8. The van der Waals surface area contributed by atoms with Crippen molar-refractivity contribution in [2.45, 2.75) is 5.54 Å². The fourth-order valence-corrected chi connectivity index (χ4v) is 4.45. The number of hydrogen-bond donors (Lipinski definition) is 0. The van der Waals surface area contributed by atoms with Gasteiger partial charge in [0.05, 0.1) is 10.9 Å². The number of likely N-dealkylation sites (N-methyl/N-ethyl adjacent to an activating group) is 1. The van der Waals surface area contributed by atoms with Crippen molar-refractivity contribution < 1.29 is 18.4 Å². The minimum atomic E-state index is -1.67. The Morgan fingerprint density at radius 2 is 1.93 bits per heavy atom. The van der Waals surface area contributed by atoms with Crippen molar-refractivity contribution in [2.24, 2.45) is 0 Å². The van der Waals surface area contributed by atoms with Crippen LogP contribution in [-0.4, -0.2) is 30.3 Å². The third kappa shape index (κ3) is 1.91.